The highest BCUT2D eigenvalue weighted by Crippen LogP contribution is 2.44. The van der Waals surface area contributed by atoms with Gasteiger partial charge >= 0.3 is 0 Å². The molecule has 0 aromatic heterocycles. The van der Waals surface area contributed by atoms with Gasteiger partial charge in [-0.05, 0) is 31.2 Å². The molecule has 0 radical (unpaired) electrons. The first kappa shape index (κ1) is 14.1. The van der Waals surface area contributed by atoms with E-state index in [-0.39, 0.29) is 18.4 Å². The largest absolute Gasteiger partial charge is 0.352 e. The lowest BCUT2D eigenvalue weighted by atomic mass is 9.63. The average molecular weight is 286 g/mol. The van der Waals surface area contributed by atoms with Crippen molar-refractivity contribution in [3.05, 3.63) is 35.9 Å². The summed E-state index contributed by atoms with van der Waals surface area (Å²) < 4.78 is 0. The molecule has 4 heteroatoms. The van der Waals surface area contributed by atoms with Crippen LogP contribution >= 0.6 is 0 Å². The predicted molar refractivity (Wildman–Crippen MR) is 80.8 cm³/mol. The molecular weight excluding hydrogens is 264 g/mol. The van der Waals surface area contributed by atoms with E-state index in [2.05, 4.69) is 5.32 Å². The Morgan fingerprint density at radius 3 is 2.43 bits per heavy atom. The summed E-state index contributed by atoms with van der Waals surface area (Å²) in [6, 6.07) is 10.3. The van der Waals surface area contributed by atoms with Gasteiger partial charge in [-0.1, -0.05) is 36.8 Å². The van der Waals surface area contributed by atoms with Crippen molar-refractivity contribution in [3.63, 3.8) is 0 Å². The summed E-state index contributed by atoms with van der Waals surface area (Å²) in [6.07, 6.45) is 4.96. The minimum Gasteiger partial charge on any atom is -0.352 e. The van der Waals surface area contributed by atoms with E-state index in [9.17, 15) is 9.59 Å². The summed E-state index contributed by atoms with van der Waals surface area (Å²) in [7, 11) is 1.73. The second-order valence-corrected chi connectivity index (χ2v) is 6.30. The topological polar surface area (TPSA) is 49.4 Å². The van der Waals surface area contributed by atoms with Crippen LogP contribution in [0.2, 0.25) is 0 Å². The van der Waals surface area contributed by atoms with E-state index in [1.807, 2.05) is 30.3 Å². The molecule has 0 unspecified atom stereocenters. The lowest BCUT2D eigenvalue weighted by Crippen LogP contribution is -2.52. The molecule has 2 fully saturated rings. The summed E-state index contributed by atoms with van der Waals surface area (Å²) in [4.78, 5) is 26.3. The molecule has 2 saturated carbocycles. The highest BCUT2D eigenvalue weighted by Gasteiger charge is 2.47. The van der Waals surface area contributed by atoms with Gasteiger partial charge in [0.25, 0.3) is 0 Å². The van der Waals surface area contributed by atoms with E-state index in [1.54, 1.807) is 11.9 Å². The van der Waals surface area contributed by atoms with Crippen LogP contribution in [0.1, 0.15) is 37.7 Å². The Hall–Kier alpha value is -1.84. The Labute approximate surface area is 125 Å². The second kappa shape index (κ2) is 5.51. The van der Waals surface area contributed by atoms with Crippen LogP contribution in [0.3, 0.4) is 0 Å². The Morgan fingerprint density at radius 2 is 1.90 bits per heavy atom. The van der Waals surface area contributed by atoms with Crippen molar-refractivity contribution in [3.8, 4) is 0 Å². The van der Waals surface area contributed by atoms with Crippen molar-refractivity contribution in [1.29, 1.82) is 0 Å². The molecule has 0 heterocycles. The molecule has 0 saturated heterocycles. The van der Waals surface area contributed by atoms with Crippen molar-refractivity contribution in [1.82, 2.24) is 10.2 Å². The first-order valence-electron chi connectivity index (χ1n) is 7.72. The van der Waals surface area contributed by atoms with E-state index in [1.165, 1.54) is 0 Å². The van der Waals surface area contributed by atoms with Crippen molar-refractivity contribution < 1.29 is 9.59 Å². The fourth-order valence-electron chi connectivity index (χ4n) is 3.07. The monoisotopic (exact) mass is 286 g/mol. The Morgan fingerprint density at radius 1 is 1.24 bits per heavy atom. The van der Waals surface area contributed by atoms with Gasteiger partial charge in [0.15, 0.2) is 0 Å². The van der Waals surface area contributed by atoms with Crippen molar-refractivity contribution in [2.45, 2.75) is 43.6 Å². The van der Waals surface area contributed by atoms with Crippen LogP contribution in [-0.2, 0) is 15.0 Å². The fourth-order valence-corrected chi connectivity index (χ4v) is 3.07. The molecule has 0 bridgehead atoms. The van der Waals surface area contributed by atoms with E-state index in [0.29, 0.717) is 6.04 Å². The van der Waals surface area contributed by atoms with Crippen LogP contribution < -0.4 is 5.32 Å². The zero-order valence-electron chi connectivity index (χ0n) is 12.5. The number of carbonyl (C=O) groups excluding carboxylic acids is 2. The first-order valence-corrected chi connectivity index (χ1v) is 7.72. The lowest BCUT2D eigenvalue weighted by molar-refractivity contribution is -0.142. The molecule has 0 aliphatic heterocycles. The van der Waals surface area contributed by atoms with Crippen molar-refractivity contribution in [2.24, 2.45) is 0 Å². The molecule has 21 heavy (non-hydrogen) atoms. The molecule has 2 amide bonds. The Bertz CT molecular complexity index is 533. The number of likely N-dealkylation sites (N-methyl/N-ethyl adjacent to an activating group) is 1. The number of amides is 2. The minimum absolute atomic E-state index is 0.0455. The van der Waals surface area contributed by atoms with Gasteiger partial charge in [0.2, 0.25) is 11.8 Å². The molecule has 1 aromatic carbocycles. The molecule has 2 aliphatic carbocycles. The summed E-state index contributed by atoms with van der Waals surface area (Å²) in [5.74, 6) is 0.0294. The van der Waals surface area contributed by atoms with E-state index in [4.69, 9.17) is 0 Å². The highest BCUT2D eigenvalue weighted by atomic mass is 16.2. The molecule has 1 aromatic rings. The van der Waals surface area contributed by atoms with E-state index >= 15 is 0 Å². The van der Waals surface area contributed by atoms with E-state index in [0.717, 1.165) is 37.7 Å². The predicted octanol–water partition coefficient (Wildman–Crippen LogP) is 1.85. The third-order valence-corrected chi connectivity index (χ3v) is 4.61. The molecule has 0 atom stereocenters. The van der Waals surface area contributed by atoms with E-state index < -0.39 is 5.41 Å². The number of hydrogen-bond acceptors (Lipinski definition) is 2. The van der Waals surface area contributed by atoms with Crippen LogP contribution in [-0.4, -0.2) is 36.3 Å². The van der Waals surface area contributed by atoms with Crippen LogP contribution in [0.4, 0.5) is 0 Å². The summed E-state index contributed by atoms with van der Waals surface area (Å²) >= 11 is 0. The number of carbonyl (C=O) groups is 2. The lowest BCUT2D eigenvalue weighted by Gasteiger charge is -2.43. The number of rotatable bonds is 5. The first-order chi connectivity index (χ1) is 10.1. The smallest absolute Gasteiger partial charge is 0.239 e. The second-order valence-electron chi connectivity index (χ2n) is 6.30. The van der Waals surface area contributed by atoms with Gasteiger partial charge in [0.1, 0.15) is 0 Å². The number of nitrogens with zero attached hydrogens (tertiary/aromatic N) is 1. The van der Waals surface area contributed by atoms with Crippen molar-refractivity contribution >= 4 is 11.8 Å². The Balaban J connectivity index is 1.68. The number of benzene rings is 1. The molecule has 112 valence electrons. The maximum absolute atomic E-state index is 12.8. The third-order valence-electron chi connectivity index (χ3n) is 4.61. The van der Waals surface area contributed by atoms with Gasteiger partial charge in [0.05, 0.1) is 12.0 Å². The average Bonchev–Trinajstić information content (AvgIpc) is 3.22. The van der Waals surface area contributed by atoms with Gasteiger partial charge in [-0.3, -0.25) is 9.59 Å². The van der Waals surface area contributed by atoms with Crippen LogP contribution in [0.15, 0.2) is 30.3 Å². The molecule has 0 spiro atoms. The number of hydrogen-bond donors (Lipinski definition) is 1. The molecule has 4 nitrogen and oxygen atoms in total. The maximum Gasteiger partial charge on any atom is 0.239 e. The zero-order valence-corrected chi connectivity index (χ0v) is 12.5. The standard InChI is InChI=1S/C17H22N2O2/c1-19(12-15(20)18-14-8-9-14)16(21)17(10-5-11-17)13-6-3-2-4-7-13/h2-4,6-7,14H,5,8-12H2,1H3,(H,18,20). The van der Waals surface area contributed by atoms with Gasteiger partial charge in [0, 0.05) is 13.1 Å². The van der Waals surface area contributed by atoms with Gasteiger partial charge < -0.3 is 10.2 Å². The van der Waals surface area contributed by atoms with Crippen LogP contribution in [0, 0.1) is 0 Å². The minimum atomic E-state index is -0.407. The SMILES string of the molecule is CN(CC(=O)NC1CC1)C(=O)C1(c2ccccc2)CCC1. The molecule has 1 N–H and O–H groups in total. The zero-order chi connectivity index (χ0) is 14.9. The normalized spacial score (nSPS) is 19.5. The van der Waals surface area contributed by atoms with Crippen molar-refractivity contribution in [2.75, 3.05) is 13.6 Å². The quantitative estimate of drug-likeness (QED) is 0.898. The Kier molecular flexibility index (Phi) is 3.70. The fraction of sp³-hybridized carbons (Fsp3) is 0.529. The van der Waals surface area contributed by atoms with Gasteiger partial charge in [-0.25, -0.2) is 0 Å². The van der Waals surface area contributed by atoms with Crippen LogP contribution in [0.25, 0.3) is 0 Å². The van der Waals surface area contributed by atoms with Gasteiger partial charge in [-0.15, -0.1) is 0 Å². The van der Waals surface area contributed by atoms with Crippen LogP contribution in [0.5, 0.6) is 0 Å². The molecular formula is C17H22N2O2. The van der Waals surface area contributed by atoms with Gasteiger partial charge in [-0.2, -0.15) is 0 Å². The molecule has 3 rings (SSSR count). The summed E-state index contributed by atoms with van der Waals surface area (Å²) in [6.45, 7) is 0.157. The maximum atomic E-state index is 12.8. The summed E-state index contributed by atoms with van der Waals surface area (Å²) in [5.41, 5.74) is 0.672. The molecule has 2 aliphatic rings. The summed E-state index contributed by atoms with van der Waals surface area (Å²) in [5, 5.41) is 2.93. The third kappa shape index (κ3) is 2.80. The number of nitrogens with one attached hydrogen (secondary N) is 1. The highest BCUT2D eigenvalue weighted by molar-refractivity contribution is 5.92.